The number of ketones is 1. The van der Waals surface area contributed by atoms with E-state index in [1.54, 1.807) is 46.3 Å². The molecule has 37 heavy (non-hydrogen) atoms. The molecule has 5 rings (SSSR count). The number of fused-ring (bicyclic) bond motifs is 3. The number of ether oxygens (including phenoxy) is 5. The van der Waals surface area contributed by atoms with Crippen LogP contribution >= 0.6 is 0 Å². The van der Waals surface area contributed by atoms with Crippen LogP contribution in [0.25, 0.3) is 6.08 Å². The molecular weight excluding hydrogens is 476 g/mol. The molecule has 0 bridgehead atoms. The molecule has 0 aromatic heterocycles. The number of Topliss-reactive ketones (excluding diaryl/α,β-unsaturated/α-hetero) is 1. The van der Waals surface area contributed by atoms with Crippen molar-refractivity contribution >= 4 is 11.9 Å². The number of rotatable bonds is 6. The van der Waals surface area contributed by atoms with Gasteiger partial charge in [0.05, 0.1) is 38.6 Å². The Hall–Kier alpha value is -3.11. The van der Waals surface area contributed by atoms with Crippen molar-refractivity contribution in [1.29, 1.82) is 0 Å². The van der Waals surface area contributed by atoms with E-state index in [0.29, 0.717) is 36.1 Å². The van der Waals surface area contributed by atoms with E-state index < -0.39 is 0 Å². The molecule has 1 fully saturated rings. The van der Waals surface area contributed by atoms with Crippen molar-refractivity contribution in [1.82, 2.24) is 9.80 Å². The van der Waals surface area contributed by atoms with Crippen LogP contribution in [0.15, 0.2) is 36.1 Å². The molecule has 3 aliphatic heterocycles. The molecule has 3 heterocycles. The molecule has 3 aliphatic rings. The van der Waals surface area contributed by atoms with Crippen molar-refractivity contribution < 1.29 is 33.6 Å². The lowest BCUT2D eigenvalue weighted by Gasteiger charge is -2.33. The highest BCUT2D eigenvalue weighted by atomic mass is 16.5. The topological polar surface area (TPSA) is 89.9 Å². The molecule has 9 heteroatoms. The van der Waals surface area contributed by atoms with E-state index in [1.165, 1.54) is 0 Å². The van der Waals surface area contributed by atoms with Gasteiger partial charge >= 0.3 is 0 Å². The molecule has 0 radical (unpaired) electrons. The maximum Gasteiger partial charge on any atom is 0.231 e. The van der Waals surface area contributed by atoms with E-state index >= 15 is 0 Å². The fourth-order valence-corrected chi connectivity index (χ4v) is 4.35. The number of hydrogen-bond donors (Lipinski definition) is 1. The third kappa shape index (κ3) is 6.61. The van der Waals surface area contributed by atoms with Crippen molar-refractivity contribution in [2.24, 2.45) is 0 Å². The van der Waals surface area contributed by atoms with Gasteiger partial charge in [-0.25, -0.2) is 0 Å². The van der Waals surface area contributed by atoms with Gasteiger partial charge in [-0.15, -0.1) is 0 Å². The van der Waals surface area contributed by atoms with Crippen molar-refractivity contribution in [3.8, 4) is 23.0 Å². The van der Waals surface area contributed by atoms with Gasteiger partial charge in [0.1, 0.15) is 18.2 Å². The molecule has 0 aliphatic carbocycles. The molecule has 0 atom stereocenters. The van der Waals surface area contributed by atoms with E-state index in [1.807, 2.05) is 18.2 Å². The number of nitrogens with zero attached hydrogens (tertiary/aromatic N) is 2. The lowest BCUT2D eigenvalue weighted by Crippen LogP contribution is -2.43. The number of carbonyl (C=O) groups is 1. The quantitative estimate of drug-likeness (QED) is 0.586. The minimum Gasteiger partial charge on any atom is -0.493 e. The molecule has 1 N–H and O–H groups in total. The third-order valence-electron chi connectivity index (χ3n) is 6.22. The van der Waals surface area contributed by atoms with Crippen LogP contribution in [0.4, 0.5) is 0 Å². The van der Waals surface area contributed by atoms with Crippen LogP contribution in [0, 0.1) is 0 Å². The van der Waals surface area contributed by atoms with E-state index in [4.69, 9.17) is 28.8 Å². The summed E-state index contributed by atoms with van der Waals surface area (Å²) in [6.45, 7) is 9.99. The fourth-order valence-electron chi connectivity index (χ4n) is 4.35. The van der Waals surface area contributed by atoms with Crippen LogP contribution in [-0.2, 0) is 11.3 Å². The number of methoxy groups -OCH3 is 2. The lowest BCUT2D eigenvalue weighted by molar-refractivity contribution is 0.0239. The lowest BCUT2D eigenvalue weighted by atomic mass is 10.0. The zero-order valence-corrected chi connectivity index (χ0v) is 22.0. The molecule has 2 aromatic carbocycles. The predicted molar refractivity (Wildman–Crippen MR) is 139 cm³/mol. The molecule has 9 nitrogen and oxygen atoms in total. The Labute approximate surface area is 218 Å². The fraction of sp³-hybridized carbons (Fsp3) is 0.464. The Bertz CT molecular complexity index is 1120. The molecule has 2 aromatic rings. The molecule has 0 amide bonds. The Morgan fingerprint density at radius 1 is 1.03 bits per heavy atom. The second-order valence-corrected chi connectivity index (χ2v) is 9.35. The number of morpholine rings is 1. The summed E-state index contributed by atoms with van der Waals surface area (Å²) in [4.78, 5) is 17.7. The molecule has 0 unspecified atom stereocenters. The van der Waals surface area contributed by atoms with Gasteiger partial charge in [-0.2, -0.15) is 0 Å². The van der Waals surface area contributed by atoms with Crippen LogP contribution in [0.5, 0.6) is 23.0 Å². The largest absolute Gasteiger partial charge is 0.493 e. The zero-order valence-electron chi connectivity index (χ0n) is 22.0. The minimum absolute atomic E-state index is 0.131. The SMILES string of the molecule is CC(C)O.COc1ccc(C=C2Oc3c(ccc4c3CN(CCN3CCOCC3)CO4)C2=O)cc1OC. The summed E-state index contributed by atoms with van der Waals surface area (Å²) in [7, 11) is 3.17. The highest BCUT2D eigenvalue weighted by Gasteiger charge is 2.33. The highest BCUT2D eigenvalue weighted by Crippen LogP contribution is 2.42. The molecule has 0 saturated carbocycles. The van der Waals surface area contributed by atoms with Gasteiger partial charge in [-0.1, -0.05) is 6.07 Å². The highest BCUT2D eigenvalue weighted by molar-refractivity contribution is 6.15. The Kier molecular flexibility index (Phi) is 9.04. The maximum atomic E-state index is 13.1. The van der Waals surface area contributed by atoms with Crippen LogP contribution in [0.1, 0.15) is 35.3 Å². The molecule has 0 spiro atoms. The van der Waals surface area contributed by atoms with Gasteiger partial charge in [-0.3, -0.25) is 14.6 Å². The molecule has 1 saturated heterocycles. The van der Waals surface area contributed by atoms with Gasteiger partial charge in [0, 0.05) is 38.8 Å². The number of aliphatic hydroxyl groups is 1. The average molecular weight is 513 g/mol. The van der Waals surface area contributed by atoms with Crippen molar-refractivity contribution in [2.45, 2.75) is 26.5 Å². The van der Waals surface area contributed by atoms with Crippen LogP contribution in [0.2, 0.25) is 0 Å². The summed E-state index contributed by atoms with van der Waals surface area (Å²) >= 11 is 0. The van der Waals surface area contributed by atoms with Crippen LogP contribution in [-0.4, -0.2) is 87.1 Å². The van der Waals surface area contributed by atoms with Crippen molar-refractivity contribution in [3.63, 3.8) is 0 Å². The predicted octanol–water partition coefficient (Wildman–Crippen LogP) is 3.19. The summed E-state index contributed by atoms with van der Waals surface area (Å²) in [5, 5.41) is 8.06. The minimum atomic E-state index is -0.167. The summed E-state index contributed by atoms with van der Waals surface area (Å²) in [5.74, 6) is 2.75. The van der Waals surface area contributed by atoms with Gasteiger partial charge in [0.25, 0.3) is 0 Å². The maximum absolute atomic E-state index is 13.1. The summed E-state index contributed by atoms with van der Waals surface area (Å²) in [6.07, 6.45) is 1.57. The van der Waals surface area contributed by atoms with Gasteiger partial charge in [-0.05, 0) is 49.8 Å². The average Bonchev–Trinajstić information content (AvgIpc) is 3.22. The van der Waals surface area contributed by atoms with Crippen molar-refractivity contribution in [2.75, 3.05) is 60.3 Å². The Morgan fingerprint density at radius 3 is 2.43 bits per heavy atom. The van der Waals surface area contributed by atoms with Gasteiger partial charge < -0.3 is 28.8 Å². The van der Waals surface area contributed by atoms with Crippen molar-refractivity contribution in [3.05, 3.63) is 52.8 Å². The number of carbonyl (C=O) groups excluding carboxylic acids is 1. The number of aliphatic hydroxyl groups excluding tert-OH is 1. The zero-order chi connectivity index (χ0) is 26.4. The monoisotopic (exact) mass is 512 g/mol. The van der Waals surface area contributed by atoms with Gasteiger partial charge in [0.2, 0.25) is 5.78 Å². The summed E-state index contributed by atoms with van der Waals surface area (Å²) in [6, 6.07) is 9.14. The van der Waals surface area contributed by atoms with Crippen LogP contribution < -0.4 is 18.9 Å². The molecular formula is C28H36N2O7. The van der Waals surface area contributed by atoms with E-state index in [-0.39, 0.29) is 17.6 Å². The van der Waals surface area contributed by atoms with E-state index in [0.717, 1.165) is 56.3 Å². The molecule has 200 valence electrons. The number of allylic oxidation sites excluding steroid dienone is 1. The smallest absolute Gasteiger partial charge is 0.231 e. The Balaban J connectivity index is 0.000000747. The first-order valence-corrected chi connectivity index (χ1v) is 12.5. The van der Waals surface area contributed by atoms with Gasteiger partial charge in [0.15, 0.2) is 17.3 Å². The second-order valence-electron chi connectivity index (χ2n) is 9.35. The van der Waals surface area contributed by atoms with Crippen LogP contribution in [0.3, 0.4) is 0 Å². The van der Waals surface area contributed by atoms with E-state index in [9.17, 15) is 4.79 Å². The summed E-state index contributed by atoms with van der Waals surface area (Å²) < 4.78 is 28.2. The first-order valence-electron chi connectivity index (χ1n) is 12.5. The Morgan fingerprint density at radius 2 is 1.73 bits per heavy atom. The first-order chi connectivity index (χ1) is 17.9. The summed E-state index contributed by atoms with van der Waals surface area (Å²) in [5.41, 5.74) is 2.28. The normalized spacial score (nSPS) is 18.4. The first kappa shape index (κ1) is 26.9. The van der Waals surface area contributed by atoms with E-state index in [2.05, 4.69) is 9.80 Å². The third-order valence-corrected chi connectivity index (χ3v) is 6.22. The second kappa shape index (κ2) is 12.4. The standard InChI is InChI=1S/C25H28N2O6.C3H8O/c1-29-21-5-3-17(13-22(21)30-2)14-23-24(28)18-4-6-20-19(25(18)33-23)15-27(16-32-20)8-7-26-9-11-31-12-10-26;1-3(2)4/h3-6,13-14H,7-12,15-16H2,1-2H3;3-4H,1-2H3. The number of hydrogen-bond acceptors (Lipinski definition) is 9. The number of benzene rings is 2.